The van der Waals surface area contributed by atoms with E-state index in [9.17, 15) is 27.6 Å². The van der Waals surface area contributed by atoms with Crippen LogP contribution < -0.4 is 15.3 Å². The number of nitrogens with zero attached hydrogens (tertiary/aromatic N) is 7. The number of nitrogens with one attached hydrogen (secondary N) is 1. The number of fused-ring (bicyclic) bond motifs is 2. The summed E-state index contributed by atoms with van der Waals surface area (Å²) in [5.74, 6) is -4.52. The standard InChI is InChI=1S/C31H26F4N8O4S/c32-21-9-18(17-3-4-23(38-10-17)41-14-30(15-41)12-36-13-30)8-19-20(21)11-42(26(19)44)25(24-22-2-1-6-40(22)16-39-24)27(45)43(29-37-5-7-48-29)47-28(46)31(33,34)35/h3-5,7-10,16,25,36H,1-2,6,11-15H2. The van der Waals surface area contributed by atoms with E-state index in [1.165, 1.54) is 30.0 Å². The third-order valence-electron chi connectivity index (χ3n) is 9.27. The van der Waals surface area contributed by atoms with E-state index >= 15 is 4.39 Å². The predicted molar refractivity (Wildman–Crippen MR) is 162 cm³/mol. The zero-order valence-corrected chi connectivity index (χ0v) is 25.9. The van der Waals surface area contributed by atoms with Crippen molar-refractivity contribution in [3.8, 4) is 11.1 Å². The molecule has 2 fully saturated rings. The number of hydroxylamine groups is 1. The van der Waals surface area contributed by atoms with Gasteiger partial charge in [-0.2, -0.15) is 13.2 Å². The normalized spacial score (nSPS) is 18.3. The van der Waals surface area contributed by atoms with Crippen LogP contribution >= 0.6 is 11.3 Å². The van der Waals surface area contributed by atoms with Gasteiger partial charge in [0.05, 0.1) is 18.6 Å². The van der Waals surface area contributed by atoms with Crippen molar-refractivity contribution in [1.29, 1.82) is 0 Å². The summed E-state index contributed by atoms with van der Waals surface area (Å²) < 4.78 is 57.5. The van der Waals surface area contributed by atoms with Gasteiger partial charge in [0.15, 0.2) is 6.04 Å². The third-order valence-corrected chi connectivity index (χ3v) is 10.0. The minimum absolute atomic E-state index is 0.00931. The summed E-state index contributed by atoms with van der Waals surface area (Å²) in [4.78, 5) is 60.8. The molecule has 1 aromatic carbocycles. The Morgan fingerprint density at radius 1 is 1.10 bits per heavy atom. The maximum Gasteiger partial charge on any atom is 0.493 e. The Morgan fingerprint density at radius 2 is 1.92 bits per heavy atom. The molecule has 4 aliphatic rings. The summed E-state index contributed by atoms with van der Waals surface area (Å²) in [6.07, 6.45) is 0.0496. The second-order valence-electron chi connectivity index (χ2n) is 12.4. The highest BCUT2D eigenvalue weighted by atomic mass is 32.1. The van der Waals surface area contributed by atoms with E-state index in [0.29, 0.717) is 41.6 Å². The quantitative estimate of drug-likeness (QED) is 0.240. The molecule has 0 aliphatic carbocycles. The maximum atomic E-state index is 15.8. The maximum absolute atomic E-state index is 15.8. The first-order valence-electron chi connectivity index (χ1n) is 15.1. The van der Waals surface area contributed by atoms with E-state index in [1.54, 1.807) is 16.8 Å². The number of aromatic nitrogens is 4. The van der Waals surface area contributed by atoms with Crippen molar-refractivity contribution in [2.75, 3.05) is 36.1 Å². The van der Waals surface area contributed by atoms with E-state index in [4.69, 9.17) is 0 Å². The minimum atomic E-state index is -5.43. The van der Waals surface area contributed by atoms with Gasteiger partial charge in [0, 0.05) is 78.3 Å². The second-order valence-corrected chi connectivity index (χ2v) is 13.3. The highest BCUT2D eigenvalue weighted by molar-refractivity contribution is 7.13. The molecular formula is C31H26F4N8O4S. The number of anilines is 2. The number of alkyl halides is 3. The van der Waals surface area contributed by atoms with E-state index in [2.05, 4.69) is 30.0 Å². The number of hydrogen-bond acceptors (Lipinski definition) is 10. The number of pyridine rings is 1. The fraction of sp³-hybridized carbons (Fsp3) is 0.355. The third kappa shape index (κ3) is 4.99. The first-order chi connectivity index (χ1) is 23.0. The number of aryl methyl sites for hydroxylation is 1. The van der Waals surface area contributed by atoms with Gasteiger partial charge < -0.3 is 24.5 Å². The van der Waals surface area contributed by atoms with Crippen molar-refractivity contribution in [2.45, 2.75) is 38.1 Å². The van der Waals surface area contributed by atoms with Crippen molar-refractivity contribution in [1.82, 2.24) is 29.7 Å². The van der Waals surface area contributed by atoms with Crippen molar-refractivity contribution in [2.24, 2.45) is 5.41 Å². The summed E-state index contributed by atoms with van der Waals surface area (Å²) >= 11 is 0.745. The van der Waals surface area contributed by atoms with Crippen molar-refractivity contribution >= 4 is 40.1 Å². The Balaban J connectivity index is 1.12. The average Bonchev–Trinajstić information content (AvgIpc) is 3.82. The van der Waals surface area contributed by atoms with Gasteiger partial charge in [-0.15, -0.1) is 16.4 Å². The van der Waals surface area contributed by atoms with Crippen molar-refractivity contribution in [3.63, 3.8) is 0 Å². The molecule has 17 heteroatoms. The average molecular weight is 683 g/mol. The highest BCUT2D eigenvalue weighted by Gasteiger charge is 2.49. The molecule has 2 saturated heterocycles. The van der Waals surface area contributed by atoms with Gasteiger partial charge in [-0.1, -0.05) is 0 Å². The summed E-state index contributed by atoms with van der Waals surface area (Å²) in [7, 11) is 0. The number of rotatable bonds is 6. The Morgan fingerprint density at radius 3 is 2.58 bits per heavy atom. The SMILES string of the molecule is O=C(C(c1ncn2c1CCC2)N1Cc2c(F)cc(-c3ccc(N4CC5(CNC5)C4)nc3)cc2C1=O)N(OC(=O)C(F)(F)F)c1nccs1. The number of carbonyl (C=O) groups is 3. The molecule has 1 spiro atoms. The molecule has 48 heavy (non-hydrogen) atoms. The van der Waals surface area contributed by atoms with Crippen LogP contribution in [0, 0.1) is 11.2 Å². The van der Waals surface area contributed by atoms with Gasteiger partial charge in [-0.3, -0.25) is 9.59 Å². The van der Waals surface area contributed by atoms with Gasteiger partial charge in [0.1, 0.15) is 11.6 Å². The minimum Gasteiger partial charge on any atom is -0.355 e. The Labute approximate surface area is 273 Å². The lowest BCUT2D eigenvalue weighted by Crippen LogP contribution is -2.71. The molecule has 4 aromatic rings. The number of benzene rings is 1. The molecule has 8 rings (SSSR count). The number of amides is 2. The van der Waals surface area contributed by atoms with E-state index in [1.807, 2.05) is 6.07 Å². The molecule has 0 saturated carbocycles. The lowest BCUT2D eigenvalue weighted by atomic mass is 9.74. The van der Waals surface area contributed by atoms with Crippen molar-refractivity contribution < 1.29 is 36.8 Å². The Hall–Kier alpha value is -4.90. The van der Waals surface area contributed by atoms with Gasteiger partial charge in [-0.25, -0.2) is 24.1 Å². The molecule has 4 aliphatic heterocycles. The van der Waals surface area contributed by atoms with E-state index < -0.39 is 35.8 Å². The molecular weight excluding hydrogens is 656 g/mol. The number of hydrogen-bond donors (Lipinski definition) is 1. The summed E-state index contributed by atoms with van der Waals surface area (Å²) in [6, 6.07) is 4.77. The zero-order valence-electron chi connectivity index (χ0n) is 25.0. The van der Waals surface area contributed by atoms with E-state index in [-0.39, 0.29) is 33.6 Å². The van der Waals surface area contributed by atoms with Crippen LogP contribution in [0.2, 0.25) is 0 Å². The molecule has 1 unspecified atom stereocenters. The number of halogens is 4. The summed E-state index contributed by atoms with van der Waals surface area (Å²) in [5.41, 5.74) is 1.94. The number of thiazole rings is 1. The summed E-state index contributed by atoms with van der Waals surface area (Å²) in [5, 5.41) is 4.44. The predicted octanol–water partition coefficient (Wildman–Crippen LogP) is 3.65. The smallest absolute Gasteiger partial charge is 0.355 e. The monoisotopic (exact) mass is 682 g/mol. The van der Waals surface area contributed by atoms with Crippen LogP contribution in [0.1, 0.15) is 39.8 Å². The Kier molecular flexibility index (Phi) is 7.03. The molecule has 1 atom stereocenters. The van der Waals surface area contributed by atoms with Gasteiger partial charge >= 0.3 is 12.1 Å². The molecule has 2 amide bonds. The molecule has 248 valence electrons. The van der Waals surface area contributed by atoms with Crippen LogP contribution in [0.4, 0.5) is 28.5 Å². The number of carbonyl (C=O) groups excluding carboxylic acids is 3. The molecule has 0 radical (unpaired) electrons. The van der Waals surface area contributed by atoms with Crippen LogP contribution in [-0.4, -0.2) is 74.6 Å². The van der Waals surface area contributed by atoms with Crippen LogP contribution in [0.15, 0.2) is 48.4 Å². The number of imidazole rings is 1. The first-order valence-corrected chi connectivity index (χ1v) is 16.0. The van der Waals surface area contributed by atoms with Gasteiger partial charge in [0.2, 0.25) is 5.13 Å². The molecule has 1 N–H and O–H groups in total. The molecule has 0 bridgehead atoms. The van der Waals surface area contributed by atoms with E-state index in [0.717, 1.165) is 48.2 Å². The molecule has 7 heterocycles. The lowest BCUT2D eigenvalue weighted by Gasteiger charge is -2.56. The summed E-state index contributed by atoms with van der Waals surface area (Å²) in [6.45, 7) is 3.97. The Bertz CT molecular complexity index is 1940. The second kappa shape index (κ2) is 11.1. The van der Waals surface area contributed by atoms with Gasteiger partial charge in [0.25, 0.3) is 11.8 Å². The van der Waals surface area contributed by atoms with Crippen LogP contribution in [-0.2, 0) is 33.9 Å². The first kappa shape index (κ1) is 30.4. The molecule has 3 aromatic heterocycles. The fourth-order valence-corrected chi connectivity index (χ4v) is 7.39. The lowest BCUT2D eigenvalue weighted by molar-refractivity contribution is -0.202. The fourth-order valence-electron chi connectivity index (χ4n) is 6.80. The highest BCUT2D eigenvalue weighted by Crippen LogP contribution is 2.40. The topological polar surface area (TPSA) is 126 Å². The largest absolute Gasteiger partial charge is 0.493 e. The van der Waals surface area contributed by atoms with Crippen LogP contribution in [0.25, 0.3) is 11.1 Å². The van der Waals surface area contributed by atoms with Gasteiger partial charge in [-0.05, 0) is 42.7 Å². The van der Waals surface area contributed by atoms with Crippen LogP contribution in [0.5, 0.6) is 0 Å². The molecule has 12 nitrogen and oxygen atoms in total. The zero-order chi connectivity index (χ0) is 33.4. The van der Waals surface area contributed by atoms with Crippen LogP contribution in [0.3, 0.4) is 0 Å². The van der Waals surface area contributed by atoms with Crippen molar-refractivity contribution in [3.05, 3.63) is 76.7 Å².